The van der Waals surface area contributed by atoms with E-state index >= 15 is 0 Å². The molecule has 3 aromatic rings. The van der Waals surface area contributed by atoms with Crippen LogP contribution in [0.1, 0.15) is 35.6 Å². The second-order valence-electron chi connectivity index (χ2n) is 10.1. The van der Waals surface area contributed by atoms with Crippen molar-refractivity contribution in [3.8, 4) is 0 Å². The lowest BCUT2D eigenvalue weighted by atomic mass is 9.91. The molecule has 2 aromatic carbocycles. The number of carboxylic acids is 4. The van der Waals surface area contributed by atoms with E-state index in [-0.39, 0.29) is 5.82 Å². The summed E-state index contributed by atoms with van der Waals surface area (Å²) < 4.78 is 18.7. The Morgan fingerprint density at radius 2 is 1.34 bits per heavy atom. The number of hydrogen-bond donors (Lipinski definition) is 4. The van der Waals surface area contributed by atoms with E-state index in [0.29, 0.717) is 35.8 Å². The number of aromatic nitrogens is 1. The Kier molecular flexibility index (Phi) is 12.7. The second kappa shape index (κ2) is 16.7. The molecular formula is C31H34FN3O9. The molecule has 0 bridgehead atoms. The first kappa shape index (κ1) is 33.6. The first-order valence-corrected chi connectivity index (χ1v) is 13.9. The number of hydrogen-bond acceptors (Lipinski definition) is 8. The van der Waals surface area contributed by atoms with Crippen LogP contribution in [0.15, 0.2) is 71.3 Å². The van der Waals surface area contributed by atoms with Gasteiger partial charge in [0.2, 0.25) is 0 Å². The topological polar surface area (TPSA) is 182 Å². The van der Waals surface area contributed by atoms with Crippen LogP contribution in [0.5, 0.6) is 0 Å². The maximum atomic E-state index is 13.4. The maximum Gasteiger partial charge on any atom is 0.328 e. The summed E-state index contributed by atoms with van der Waals surface area (Å²) in [4.78, 5) is 43.4. The van der Waals surface area contributed by atoms with E-state index in [1.54, 1.807) is 6.07 Å². The SMILES string of the molecule is Fc1ccc2c(C3CCN(CCN4CCc5ccccc5C4)CC3)noc2c1.O=C(O)C=CC(=O)O.O=C(O)C=CC(=O)O. The quantitative estimate of drug-likeness (QED) is 0.272. The molecule has 12 nitrogen and oxygen atoms in total. The van der Waals surface area contributed by atoms with Crippen molar-refractivity contribution in [1.82, 2.24) is 15.0 Å². The Hall–Kier alpha value is -4.88. The molecule has 234 valence electrons. The van der Waals surface area contributed by atoms with E-state index < -0.39 is 23.9 Å². The molecule has 1 saturated heterocycles. The molecular weight excluding hydrogens is 577 g/mol. The van der Waals surface area contributed by atoms with Gasteiger partial charge in [0.25, 0.3) is 0 Å². The summed E-state index contributed by atoms with van der Waals surface area (Å²) in [6, 6.07) is 13.5. The average Bonchev–Trinajstić information content (AvgIpc) is 3.42. The van der Waals surface area contributed by atoms with Gasteiger partial charge in [-0.25, -0.2) is 23.6 Å². The van der Waals surface area contributed by atoms with Gasteiger partial charge in [-0.05, 0) is 55.6 Å². The number of piperidine rings is 1. The lowest BCUT2D eigenvalue weighted by Gasteiger charge is -2.34. The number of aliphatic carboxylic acids is 4. The normalized spacial score (nSPS) is 15.7. The van der Waals surface area contributed by atoms with Crippen molar-refractivity contribution in [2.24, 2.45) is 0 Å². The largest absolute Gasteiger partial charge is 0.478 e. The highest BCUT2D eigenvalue weighted by atomic mass is 19.1. The van der Waals surface area contributed by atoms with Crippen LogP contribution in [0, 0.1) is 5.82 Å². The third-order valence-corrected chi connectivity index (χ3v) is 7.12. The number of fused-ring (bicyclic) bond motifs is 2. The fourth-order valence-electron chi connectivity index (χ4n) is 4.97. The number of nitrogens with zero attached hydrogens (tertiary/aromatic N) is 3. The van der Waals surface area contributed by atoms with Crippen molar-refractivity contribution < 1.29 is 48.5 Å². The van der Waals surface area contributed by atoms with Crippen molar-refractivity contribution in [2.45, 2.75) is 31.7 Å². The van der Waals surface area contributed by atoms with Gasteiger partial charge in [0.15, 0.2) is 5.58 Å². The highest BCUT2D eigenvalue weighted by molar-refractivity contribution is 5.90. The van der Waals surface area contributed by atoms with E-state index in [1.165, 1.54) is 23.3 Å². The van der Waals surface area contributed by atoms with Gasteiger partial charge < -0.3 is 29.8 Å². The van der Waals surface area contributed by atoms with Crippen LogP contribution < -0.4 is 0 Å². The predicted molar refractivity (Wildman–Crippen MR) is 157 cm³/mol. The fourth-order valence-corrected chi connectivity index (χ4v) is 4.97. The van der Waals surface area contributed by atoms with E-state index in [9.17, 15) is 23.6 Å². The molecule has 1 aromatic heterocycles. The van der Waals surface area contributed by atoms with Crippen molar-refractivity contribution in [2.75, 3.05) is 32.7 Å². The summed E-state index contributed by atoms with van der Waals surface area (Å²) >= 11 is 0. The summed E-state index contributed by atoms with van der Waals surface area (Å²) in [5, 5.41) is 36.5. The molecule has 5 rings (SSSR count). The number of likely N-dealkylation sites (tertiary alicyclic amines) is 1. The van der Waals surface area contributed by atoms with E-state index in [0.717, 1.165) is 69.6 Å². The van der Waals surface area contributed by atoms with E-state index in [1.807, 2.05) is 0 Å². The number of halogens is 1. The molecule has 0 amide bonds. The molecule has 0 aliphatic carbocycles. The van der Waals surface area contributed by atoms with Gasteiger partial charge in [0.05, 0.1) is 5.69 Å². The number of rotatable bonds is 8. The molecule has 1 fully saturated rings. The first-order chi connectivity index (χ1) is 21.0. The molecule has 44 heavy (non-hydrogen) atoms. The van der Waals surface area contributed by atoms with Crippen molar-refractivity contribution in [3.05, 3.63) is 89.4 Å². The van der Waals surface area contributed by atoms with Gasteiger partial charge in [-0.3, -0.25) is 4.90 Å². The Morgan fingerprint density at radius 1 is 0.795 bits per heavy atom. The smallest absolute Gasteiger partial charge is 0.328 e. The minimum absolute atomic E-state index is 0.273. The molecule has 4 N–H and O–H groups in total. The second-order valence-corrected chi connectivity index (χ2v) is 10.1. The molecule has 13 heteroatoms. The lowest BCUT2D eigenvalue weighted by molar-refractivity contribution is -0.134. The summed E-state index contributed by atoms with van der Waals surface area (Å²) in [5.41, 5.74) is 4.56. The van der Waals surface area contributed by atoms with Crippen LogP contribution in [0.3, 0.4) is 0 Å². The Bertz CT molecular complexity index is 1440. The summed E-state index contributed by atoms with van der Waals surface area (Å²) in [6.07, 6.45) is 5.57. The van der Waals surface area contributed by atoms with Gasteiger partial charge in [-0.2, -0.15) is 0 Å². The zero-order valence-corrected chi connectivity index (χ0v) is 23.8. The number of carbonyl (C=O) groups is 4. The third-order valence-electron chi connectivity index (χ3n) is 7.12. The standard InChI is InChI=1S/C23H26FN3O.2C4H4O4/c24-20-5-6-21-22(15-20)28-25-23(21)18-8-10-26(11-9-18)13-14-27-12-7-17-3-1-2-4-19(17)16-27;2*5-3(6)1-2-4(7)8/h1-6,15,18H,7-14,16H2;2*1-2H,(H,5,6)(H,7,8). The fraction of sp³-hybridized carbons (Fsp3) is 0.323. The van der Waals surface area contributed by atoms with E-state index in [4.69, 9.17) is 24.9 Å². The van der Waals surface area contributed by atoms with Gasteiger partial charge in [0, 0.05) is 67.9 Å². The number of benzene rings is 2. The maximum absolute atomic E-state index is 13.4. The minimum Gasteiger partial charge on any atom is -0.478 e. The van der Waals surface area contributed by atoms with Gasteiger partial charge in [0.1, 0.15) is 5.82 Å². The summed E-state index contributed by atoms with van der Waals surface area (Å²) in [7, 11) is 0. The zero-order chi connectivity index (χ0) is 32.1. The Morgan fingerprint density at radius 3 is 1.91 bits per heavy atom. The first-order valence-electron chi connectivity index (χ1n) is 13.9. The van der Waals surface area contributed by atoms with Crippen LogP contribution in [0.4, 0.5) is 4.39 Å². The zero-order valence-electron chi connectivity index (χ0n) is 23.8. The number of carboxylic acid groups (broad SMARTS) is 4. The molecule has 0 radical (unpaired) electrons. The molecule has 2 aliphatic heterocycles. The van der Waals surface area contributed by atoms with Crippen LogP contribution >= 0.6 is 0 Å². The molecule has 0 unspecified atom stereocenters. The van der Waals surface area contributed by atoms with Crippen molar-refractivity contribution >= 4 is 34.8 Å². The van der Waals surface area contributed by atoms with Crippen LogP contribution in [0.25, 0.3) is 11.0 Å². The molecule has 0 atom stereocenters. The highest BCUT2D eigenvalue weighted by Gasteiger charge is 2.25. The molecule has 2 aliphatic rings. The van der Waals surface area contributed by atoms with Gasteiger partial charge >= 0.3 is 23.9 Å². The average molecular weight is 612 g/mol. The van der Waals surface area contributed by atoms with Crippen LogP contribution in [0.2, 0.25) is 0 Å². The summed E-state index contributed by atoms with van der Waals surface area (Å²) in [6.45, 7) is 6.67. The lowest BCUT2D eigenvalue weighted by Crippen LogP contribution is -2.41. The third kappa shape index (κ3) is 11.1. The van der Waals surface area contributed by atoms with E-state index in [2.05, 4.69) is 39.2 Å². The minimum atomic E-state index is -1.26. The predicted octanol–water partition coefficient (Wildman–Crippen LogP) is 3.63. The molecule has 3 heterocycles. The van der Waals surface area contributed by atoms with Gasteiger partial charge in [-0.1, -0.05) is 29.4 Å². The Balaban J connectivity index is 0.000000275. The van der Waals surface area contributed by atoms with Crippen LogP contribution in [-0.4, -0.2) is 92.0 Å². The highest BCUT2D eigenvalue weighted by Crippen LogP contribution is 2.32. The van der Waals surface area contributed by atoms with Crippen LogP contribution in [-0.2, 0) is 32.1 Å². The Labute approximate surface area is 252 Å². The van der Waals surface area contributed by atoms with Gasteiger partial charge in [-0.15, -0.1) is 0 Å². The van der Waals surface area contributed by atoms with Crippen molar-refractivity contribution in [1.29, 1.82) is 0 Å². The molecule has 0 spiro atoms. The summed E-state index contributed by atoms with van der Waals surface area (Å²) in [5.74, 6) is -4.89. The monoisotopic (exact) mass is 611 g/mol. The van der Waals surface area contributed by atoms with Crippen molar-refractivity contribution in [3.63, 3.8) is 0 Å². The molecule has 0 saturated carbocycles.